The lowest BCUT2D eigenvalue weighted by Crippen LogP contribution is -2.42. The minimum Gasteiger partial charge on any atom is -0.473 e. The monoisotopic (exact) mass is 358 g/mol. The molecule has 1 fully saturated rings. The van der Waals surface area contributed by atoms with E-state index in [9.17, 15) is 9.18 Å². The topological polar surface area (TPSA) is 67.3 Å². The quantitative estimate of drug-likeness (QED) is 0.890. The smallest absolute Gasteiger partial charge is 0.238 e. The first-order chi connectivity index (χ1) is 12.5. The normalized spacial score (nSPS) is 15.7. The molecule has 7 heteroatoms. The van der Waals surface area contributed by atoms with Crippen molar-refractivity contribution < 1.29 is 13.9 Å². The third kappa shape index (κ3) is 4.98. The van der Waals surface area contributed by atoms with E-state index in [-0.39, 0.29) is 17.8 Å². The van der Waals surface area contributed by atoms with Gasteiger partial charge in [-0.1, -0.05) is 0 Å². The van der Waals surface area contributed by atoms with Crippen LogP contribution >= 0.6 is 0 Å². The van der Waals surface area contributed by atoms with Gasteiger partial charge >= 0.3 is 0 Å². The number of hydrogen-bond acceptors (Lipinski definition) is 5. The summed E-state index contributed by atoms with van der Waals surface area (Å²) < 4.78 is 18.9. The number of halogens is 1. The summed E-state index contributed by atoms with van der Waals surface area (Å²) in [5.74, 6) is 0.174. The van der Waals surface area contributed by atoms with Gasteiger partial charge in [-0.15, -0.1) is 0 Å². The molecule has 1 aromatic carbocycles. The van der Waals surface area contributed by atoms with Crippen molar-refractivity contribution in [3.05, 3.63) is 47.7 Å². The first-order valence-electron chi connectivity index (χ1n) is 8.74. The first-order valence-corrected chi connectivity index (χ1v) is 8.74. The van der Waals surface area contributed by atoms with Crippen LogP contribution in [0.1, 0.15) is 24.2 Å². The van der Waals surface area contributed by atoms with Crippen LogP contribution in [0.15, 0.2) is 30.5 Å². The Balaban J connectivity index is 1.45. The van der Waals surface area contributed by atoms with E-state index in [1.165, 1.54) is 12.1 Å². The van der Waals surface area contributed by atoms with Crippen LogP contribution < -0.4 is 10.1 Å². The molecule has 1 aliphatic heterocycles. The number of hydrogen-bond donors (Lipinski definition) is 1. The number of amides is 1. The number of nitrogens with one attached hydrogen (secondary N) is 1. The molecule has 138 valence electrons. The molecule has 0 unspecified atom stereocenters. The summed E-state index contributed by atoms with van der Waals surface area (Å²) in [4.78, 5) is 22.9. The van der Waals surface area contributed by atoms with Crippen molar-refractivity contribution in [2.75, 3.05) is 25.0 Å². The molecule has 1 N–H and O–H groups in total. The van der Waals surface area contributed by atoms with Gasteiger partial charge in [0.05, 0.1) is 17.9 Å². The Morgan fingerprint density at radius 3 is 2.65 bits per heavy atom. The minimum atomic E-state index is -0.321. The summed E-state index contributed by atoms with van der Waals surface area (Å²) in [5.41, 5.74) is 2.22. The Kier molecular flexibility index (Phi) is 5.78. The summed E-state index contributed by atoms with van der Waals surface area (Å²) in [5, 5.41) is 2.78. The Labute approximate surface area is 152 Å². The SMILES string of the molecule is Cc1cnc(C)c(OC2CCN(CC(=O)Nc3ccc(F)cc3)CC2)n1. The second-order valence-corrected chi connectivity index (χ2v) is 6.55. The van der Waals surface area contributed by atoms with Crippen LogP contribution in [-0.4, -0.2) is 46.5 Å². The molecule has 2 aromatic rings. The Morgan fingerprint density at radius 1 is 1.27 bits per heavy atom. The summed E-state index contributed by atoms with van der Waals surface area (Å²) in [6.45, 7) is 5.64. The molecule has 1 aliphatic rings. The number of carbonyl (C=O) groups excluding carboxylic acids is 1. The third-order valence-corrected chi connectivity index (χ3v) is 4.34. The minimum absolute atomic E-state index is 0.0845. The lowest BCUT2D eigenvalue weighted by molar-refractivity contribution is -0.117. The molecular weight excluding hydrogens is 335 g/mol. The van der Waals surface area contributed by atoms with Gasteiger partial charge in [-0.05, 0) is 51.0 Å². The molecule has 0 atom stereocenters. The van der Waals surface area contributed by atoms with Crippen LogP contribution in [0.25, 0.3) is 0 Å². The number of likely N-dealkylation sites (tertiary alicyclic amines) is 1. The standard InChI is InChI=1S/C19H23FN4O2/c1-13-11-21-14(2)19(22-13)26-17-7-9-24(10-8-17)12-18(25)23-16-5-3-15(20)4-6-16/h3-6,11,17H,7-10,12H2,1-2H3,(H,23,25). The molecule has 0 spiro atoms. The maximum absolute atomic E-state index is 12.9. The maximum atomic E-state index is 12.9. The number of piperidine rings is 1. The molecule has 1 saturated heterocycles. The number of aromatic nitrogens is 2. The van der Waals surface area contributed by atoms with Gasteiger partial charge in [-0.3, -0.25) is 14.7 Å². The lowest BCUT2D eigenvalue weighted by Gasteiger charge is -2.31. The number of benzene rings is 1. The molecule has 3 rings (SSSR count). The van der Waals surface area contributed by atoms with E-state index >= 15 is 0 Å². The highest BCUT2D eigenvalue weighted by molar-refractivity contribution is 5.92. The Bertz CT molecular complexity index is 759. The second kappa shape index (κ2) is 8.23. The highest BCUT2D eigenvalue weighted by Crippen LogP contribution is 2.19. The van der Waals surface area contributed by atoms with E-state index in [2.05, 4.69) is 20.2 Å². The molecule has 6 nitrogen and oxygen atoms in total. The largest absolute Gasteiger partial charge is 0.473 e. The average Bonchev–Trinajstić information content (AvgIpc) is 2.62. The maximum Gasteiger partial charge on any atom is 0.238 e. The van der Waals surface area contributed by atoms with Crippen LogP contribution in [0.4, 0.5) is 10.1 Å². The molecule has 26 heavy (non-hydrogen) atoms. The van der Waals surface area contributed by atoms with E-state index < -0.39 is 0 Å². The van der Waals surface area contributed by atoms with Gasteiger partial charge < -0.3 is 10.1 Å². The zero-order valence-electron chi connectivity index (χ0n) is 15.0. The summed E-state index contributed by atoms with van der Waals surface area (Å²) in [6, 6.07) is 5.76. The van der Waals surface area contributed by atoms with Gasteiger partial charge in [-0.2, -0.15) is 0 Å². The van der Waals surface area contributed by atoms with Crippen LogP contribution in [0, 0.1) is 19.7 Å². The van der Waals surface area contributed by atoms with E-state index in [1.54, 1.807) is 18.3 Å². The fourth-order valence-corrected chi connectivity index (χ4v) is 2.91. The van der Waals surface area contributed by atoms with Gasteiger partial charge in [0.1, 0.15) is 11.9 Å². The zero-order chi connectivity index (χ0) is 18.5. The van der Waals surface area contributed by atoms with E-state index in [0.717, 1.165) is 37.3 Å². The van der Waals surface area contributed by atoms with Gasteiger partial charge in [-0.25, -0.2) is 9.37 Å². The fourth-order valence-electron chi connectivity index (χ4n) is 2.91. The van der Waals surface area contributed by atoms with Crippen LogP contribution in [-0.2, 0) is 4.79 Å². The molecular formula is C19H23FN4O2. The van der Waals surface area contributed by atoms with Crippen molar-refractivity contribution in [3.63, 3.8) is 0 Å². The molecule has 1 amide bonds. The Hall–Kier alpha value is -2.54. The number of rotatable bonds is 5. The highest BCUT2D eigenvalue weighted by Gasteiger charge is 2.23. The first kappa shape index (κ1) is 18.3. The summed E-state index contributed by atoms with van der Waals surface area (Å²) in [6.07, 6.45) is 3.48. The second-order valence-electron chi connectivity index (χ2n) is 6.55. The number of anilines is 1. The molecule has 0 saturated carbocycles. The lowest BCUT2D eigenvalue weighted by atomic mass is 10.1. The van der Waals surface area contributed by atoms with Crippen LogP contribution in [0.5, 0.6) is 5.88 Å². The molecule has 0 bridgehead atoms. The van der Waals surface area contributed by atoms with Crippen LogP contribution in [0.3, 0.4) is 0 Å². The third-order valence-electron chi connectivity index (χ3n) is 4.34. The number of nitrogens with zero attached hydrogens (tertiary/aromatic N) is 3. The van der Waals surface area contributed by atoms with Crippen molar-refractivity contribution >= 4 is 11.6 Å². The van der Waals surface area contributed by atoms with Crippen molar-refractivity contribution in [2.45, 2.75) is 32.8 Å². The Morgan fingerprint density at radius 2 is 1.96 bits per heavy atom. The van der Waals surface area contributed by atoms with Gasteiger partial charge in [0.15, 0.2) is 0 Å². The number of ether oxygens (including phenoxy) is 1. The van der Waals surface area contributed by atoms with Crippen molar-refractivity contribution in [2.24, 2.45) is 0 Å². The molecule has 0 aliphatic carbocycles. The van der Waals surface area contributed by atoms with E-state index in [4.69, 9.17) is 4.74 Å². The molecule has 0 radical (unpaired) electrons. The fraction of sp³-hybridized carbons (Fsp3) is 0.421. The van der Waals surface area contributed by atoms with Crippen LogP contribution in [0.2, 0.25) is 0 Å². The summed E-state index contributed by atoms with van der Waals surface area (Å²) >= 11 is 0. The van der Waals surface area contributed by atoms with Crippen molar-refractivity contribution in [1.82, 2.24) is 14.9 Å². The number of aryl methyl sites for hydroxylation is 2. The van der Waals surface area contributed by atoms with Gasteiger partial charge in [0.2, 0.25) is 11.8 Å². The van der Waals surface area contributed by atoms with Crippen molar-refractivity contribution in [1.29, 1.82) is 0 Å². The average molecular weight is 358 g/mol. The number of carbonyl (C=O) groups is 1. The van der Waals surface area contributed by atoms with Gasteiger partial charge in [0.25, 0.3) is 0 Å². The predicted octanol–water partition coefficient (Wildman–Crippen LogP) is 2.71. The molecule has 1 aromatic heterocycles. The summed E-state index contributed by atoms with van der Waals surface area (Å²) in [7, 11) is 0. The van der Waals surface area contributed by atoms with Crippen molar-refractivity contribution in [3.8, 4) is 5.88 Å². The predicted molar refractivity (Wildman–Crippen MR) is 96.6 cm³/mol. The molecule has 2 heterocycles. The van der Waals surface area contributed by atoms with E-state index in [1.807, 2.05) is 13.8 Å². The van der Waals surface area contributed by atoms with E-state index in [0.29, 0.717) is 18.1 Å². The van der Waals surface area contributed by atoms with Gasteiger partial charge in [0, 0.05) is 25.0 Å². The highest BCUT2D eigenvalue weighted by atomic mass is 19.1. The zero-order valence-corrected chi connectivity index (χ0v) is 15.0.